The lowest BCUT2D eigenvalue weighted by atomic mass is 9.61. The van der Waals surface area contributed by atoms with Crippen molar-refractivity contribution in [3.63, 3.8) is 0 Å². The van der Waals surface area contributed by atoms with Gasteiger partial charge in [-0.15, -0.1) is 35.3 Å². The number of allylic oxidation sites excluding steroid dienone is 3. The van der Waals surface area contributed by atoms with Crippen molar-refractivity contribution < 1.29 is 23.9 Å². The van der Waals surface area contributed by atoms with Crippen molar-refractivity contribution in [3.05, 3.63) is 318 Å². The number of benzene rings is 9. The van der Waals surface area contributed by atoms with Gasteiger partial charge < -0.3 is 14.8 Å². The zero-order chi connectivity index (χ0) is 103. The summed E-state index contributed by atoms with van der Waals surface area (Å²) in [5, 5.41) is 3.64. The highest BCUT2D eigenvalue weighted by atomic mass is 32.2. The third-order valence-corrected chi connectivity index (χ3v) is 35.0. The molecule has 9 aromatic carbocycles. The van der Waals surface area contributed by atoms with Crippen molar-refractivity contribution in [2.45, 2.75) is 289 Å². The van der Waals surface area contributed by atoms with Crippen molar-refractivity contribution in [1.82, 2.24) is 0 Å². The van der Waals surface area contributed by atoms with E-state index in [4.69, 9.17) is 9.47 Å². The summed E-state index contributed by atoms with van der Waals surface area (Å²) >= 11 is 5.99. The van der Waals surface area contributed by atoms with E-state index in [1.165, 1.54) is 123 Å². The molecule has 9 unspecified atom stereocenters. The molecule has 139 heavy (non-hydrogen) atoms. The van der Waals surface area contributed by atoms with Crippen LogP contribution in [0.4, 0.5) is 5.69 Å². The molecule has 1 N–H and O–H groups in total. The lowest BCUT2D eigenvalue weighted by Crippen LogP contribution is -2.47. The van der Waals surface area contributed by atoms with Crippen LogP contribution in [0.5, 0.6) is 11.5 Å². The largest absolute Gasteiger partial charge is 0.488 e. The van der Waals surface area contributed by atoms with E-state index in [-0.39, 0.29) is 44.5 Å². The van der Waals surface area contributed by atoms with Crippen LogP contribution in [0.3, 0.4) is 0 Å². The summed E-state index contributed by atoms with van der Waals surface area (Å²) in [6.45, 7) is 92.7. The third-order valence-electron chi connectivity index (χ3n) is 31.2. The molecule has 18 rings (SSSR count). The maximum Gasteiger partial charge on any atom is 0.175 e. The van der Waals surface area contributed by atoms with Crippen LogP contribution in [0.2, 0.25) is 0 Å². The fraction of sp³-hybridized carbons (Fsp3) is 0.485. The van der Waals surface area contributed by atoms with E-state index in [1.807, 2.05) is 116 Å². The lowest BCUT2D eigenvalue weighted by Gasteiger charge is -2.45. The first-order valence-corrected chi connectivity index (χ1v) is 54.8. The number of para-hydroxylation sites is 3. The van der Waals surface area contributed by atoms with Crippen LogP contribution >= 0.6 is 35.3 Å². The molecule has 9 aliphatic rings. The van der Waals surface area contributed by atoms with Gasteiger partial charge in [0.05, 0.1) is 11.0 Å². The molecule has 0 aromatic heterocycles. The smallest absolute Gasteiger partial charge is 0.175 e. The van der Waals surface area contributed by atoms with Crippen LogP contribution in [0.1, 0.15) is 298 Å². The Hall–Kier alpha value is -8.86. The molecule has 6 aliphatic heterocycles. The number of Topliss-reactive ketones (excluding diaryl/α,β-unsaturated/α-hetero) is 3. The molecule has 6 heterocycles. The minimum Gasteiger partial charge on any atom is -0.488 e. The highest BCUT2D eigenvalue weighted by Crippen LogP contribution is 2.56. The van der Waals surface area contributed by atoms with Gasteiger partial charge >= 0.3 is 0 Å². The molecule has 0 saturated carbocycles. The van der Waals surface area contributed by atoms with E-state index in [9.17, 15) is 14.4 Å². The molecule has 9 heteroatoms. The lowest BCUT2D eigenvalue weighted by molar-refractivity contribution is -0.126. The second-order valence-corrected chi connectivity index (χ2v) is 51.6. The molecule has 0 amide bonds. The number of rotatable bonds is 9. The summed E-state index contributed by atoms with van der Waals surface area (Å²) in [6.07, 6.45) is 4.05. The first-order chi connectivity index (χ1) is 65.0. The Morgan fingerprint density at radius 2 is 0.770 bits per heavy atom. The van der Waals surface area contributed by atoms with Crippen molar-refractivity contribution in [2.75, 3.05) is 16.8 Å². The van der Waals surface area contributed by atoms with Crippen molar-refractivity contribution in [1.29, 1.82) is 0 Å². The molecule has 0 fully saturated rings. The van der Waals surface area contributed by atoms with E-state index >= 15 is 0 Å². The van der Waals surface area contributed by atoms with Crippen molar-refractivity contribution in [3.8, 4) is 11.5 Å². The Balaban J connectivity index is 0.000000161. The Kier molecular flexibility index (Phi) is 37.6. The number of carbonyl (C=O) groups excluding carboxylic acids is 3. The first kappa shape index (κ1) is 112. The zero-order valence-corrected chi connectivity index (χ0v) is 93.7. The van der Waals surface area contributed by atoms with Crippen LogP contribution in [0.25, 0.3) is 27.9 Å². The second-order valence-electron chi connectivity index (χ2n) is 47.8. The predicted octanol–water partition coefficient (Wildman–Crippen LogP) is 35.8. The molecule has 0 bridgehead atoms. The Labute approximate surface area is 856 Å². The monoisotopic (exact) mass is 1920 g/mol. The zero-order valence-electron chi connectivity index (χ0n) is 91.2. The number of anilines is 1. The molecule has 746 valence electrons. The van der Waals surface area contributed by atoms with Gasteiger partial charge in [-0.3, -0.25) is 14.4 Å². The maximum atomic E-state index is 12.5. The average Bonchev–Trinajstić information content (AvgIpc) is 0.726. The van der Waals surface area contributed by atoms with E-state index in [1.54, 1.807) is 5.56 Å². The van der Waals surface area contributed by atoms with Gasteiger partial charge in [0, 0.05) is 94.4 Å². The van der Waals surface area contributed by atoms with E-state index in [0.29, 0.717) is 112 Å². The molecular formula is C130H173NO5S3. The van der Waals surface area contributed by atoms with Gasteiger partial charge in [0.15, 0.2) is 11.6 Å². The number of ketones is 3. The maximum absolute atomic E-state index is 12.5. The number of nitrogens with one attached hydrogen (secondary N) is 1. The fourth-order valence-electron chi connectivity index (χ4n) is 25.2. The van der Waals surface area contributed by atoms with Gasteiger partial charge in [-0.1, -0.05) is 375 Å². The van der Waals surface area contributed by atoms with Crippen molar-refractivity contribution in [2.24, 2.45) is 117 Å². The van der Waals surface area contributed by atoms with Gasteiger partial charge in [-0.2, -0.15) is 0 Å². The fourth-order valence-corrected chi connectivity index (χ4v) is 29.6. The molecule has 6 nitrogen and oxygen atoms in total. The summed E-state index contributed by atoms with van der Waals surface area (Å²) in [5.74, 6) is 14.5. The topological polar surface area (TPSA) is 81.7 Å². The van der Waals surface area contributed by atoms with E-state index < -0.39 is 5.41 Å². The number of hydrogen-bond donors (Lipinski definition) is 1. The van der Waals surface area contributed by atoms with Crippen molar-refractivity contribution >= 4 is 86.2 Å². The summed E-state index contributed by atoms with van der Waals surface area (Å²) in [4.78, 5) is 41.3. The van der Waals surface area contributed by atoms with Gasteiger partial charge in [0.25, 0.3) is 0 Å². The standard InChI is InChI=1S/C16H22.C15H21N.3C15H20O.C15H20S.C14H18O2.C13H16S.C12H16S/c1-11(2)15-12(3)14-9-7-6-8-13(14)10-16(15,4)5;2*1-10(2)14-11(3)12-8-6-7-9-13(12)16-15(14,4)5;1-10(2)14-13(16)9-11-7-5-6-8-12(11)15(14,3)4;1-10(2)13-9-11-7-5-6-8-12(11)14(16)15(13,3)4;1-10(2)14-11(3)12-8-6-7-9-13(12)16-15(14,4)5;1-9(2)13-14(3,4)12(15)10-7-5-6-8-11(10)16-13;1-9(2)12-8-14-13-7-5-4-6-11(13)10(12)3;1-9(2)11-7-10-5-3-4-6-12(10)13-8-11/h6-9,11,15H,3,10H2,1-2,4-5H3;6-10,14,16H,3H2,1-2,4-5H3;6-10,14H,3H2,1-2,4-5H3;5-8,10,14H,9H2,1-4H3;5-8,10,13H,9H2,1-4H3;6-10,14H,3H2,1-2,4-5H3;5-9,13H,1-4H3;4-7,9,12H,3,8H2,1-2H3;3-6,9,11H,7-8H2,1-2H3. The molecule has 9 aromatic rings. The Morgan fingerprint density at radius 1 is 0.338 bits per heavy atom. The van der Waals surface area contributed by atoms with E-state index in [2.05, 4.69) is 398 Å². The highest BCUT2D eigenvalue weighted by molar-refractivity contribution is 8.01. The molecular weight excluding hydrogens is 1750 g/mol. The SMILES string of the molecule is C=C1c2ccccc2CC(C)(C)C1C(C)C.C=C1c2ccccc2NC(C)(C)C1C(C)C.C=C1c2ccccc2OC(C)(C)C1C(C)C.C=C1c2ccccc2SC(C)(C)C1C(C)C.C=C1c2ccccc2SCC1C(C)C.CC(C)C1C(=O)Cc2ccccc2C1(C)C.CC(C)C1CSc2ccccc2C1.CC(C)C1Cc2ccccc2C(=O)C1(C)C.CC(C)C1Oc2ccccc2C(=O)C1(C)C. The molecule has 0 radical (unpaired) electrons. The molecule has 3 aliphatic carbocycles. The molecule has 0 spiro atoms. The van der Waals surface area contributed by atoms with Crippen LogP contribution in [0.15, 0.2) is 266 Å². The quantitative estimate of drug-likeness (QED) is 0.152. The average molecular weight is 1930 g/mol. The summed E-state index contributed by atoms with van der Waals surface area (Å²) in [5.41, 5.74) is 22.3. The number of carbonyl (C=O) groups is 3. The predicted molar refractivity (Wildman–Crippen MR) is 606 cm³/mol. The molecule has 9 atom stereocenters. The summed E-state index contributed by atoms with van der Waals surface area (Å²) in [6, 6.07) is 75.4. The number of ether oxygens (including phenoxy) is 2. The first-order valence-electron chi connectivity index (χ1n) is 52.0. The van der Waals surface area contributed by atoms with Gasteiger partial charge in [-0.25, -0.2) is 0 Å². The third kappa shape index (κ3) is 25.9. The normalized spacial score (nSPS) is 22.8. The summed E-state index contributed by atoms with van der Waals surface area (Å²) in [7, 11) is 0. The summed E-state index contributed by atoms with van der Waals surface area (Å²) < 4.78 is 12.3. The van der Waals surface area contributed by atoms with Crippen LogP contribution in [-0.2, 0) is 35.9 Å². The van der Waals surface area contributed by atoms with Crippen LogP contribution < -0.4 is 14.8 Å². The molecule has 0 saturated heterocycles. The van der Waals surface area contributed by atoms with Crippen LogP contribution in [0, 0.1) is 117 Å². The minimum absolute atomic E-state index is 0.0277. The van der Waals surface area contributed by atoms with E-state index in [0.717, 1.165) is 35.3 Å². The second kappa shape index (κ2) is 46.7. The highest BCUT2D eigenvalue weighted by Gasteiger charge is 2.49. The van der Waals surface area contributed by atoms with Gasteiger partial charge in [0.1, 0.15) is 29.0 Å². The Bertz CT molecular complexity index is 5370. The van der Waals surface area contributed by atoms with Gasteiger partial charge in [-0.05, 0) is 277 Å². The number of hydrogen-bond acceptors (Lipinski definition) is 9. The Morgan fingerprint density at radius 3 is 1.32 bits per heavy atom. The van der Waals surface area contributed by atoms with Gasteiger partial charge in [0.2, 0.25) is 0 Å². The number of thioether (sulfide) groups is 3. The minimum atomic E-state index is -0.442. The number of fused-ring (bicyclic) bond motifs is 9. The van der Waals surface area contributed by atoms with Crippen LogP contribution in [-0.4, -0.2) is 50.8 Å².